The molecule has 1 fully saturated rings. The number of nitrogens with one attached hydrogen (secondary N) is 2. The smallest absolute Gasteiger partial charge is 0.224 e. The molecule has 1 aromatic heterocycles. The molecular weight excluding hydrogens is 226 g/mol. The van der Waals surface area contributed by atoms with E-state index in [9.17, 15) is 0 Å². The van der Waals surface area contributed by atoms with Gasteiger partial charge in [0, 0.05) is 20.1 Å². The van der Waals surface area contributed by atoms with Gasteiger partial charge in [0.2, 0.25) is 5.95 Å². The Bertz CT molecular complexity index is 351. The first kappa shape index (κ1) is 11.4. The Morgan fingerprint density at radius 3 is 2.75 bits per heavy atom. The molecule has 0 aliphatic carbocycles. The average Bonchev–Trinajstić information content (AvgIpc) is 2.33. The van der Waals surface area contributed by atoms with E-state index in [0.717, 1.165) is 13.1 Å². The van der Waals surface area contributed by atoms with Crippen LogP contribution in [0.1, 0.15) is 19.3 Å². The molecule has 1 aliphatic rings. The molecule has 2 rings (SSSR count). The molecule has 0 spiro atoms. The van der Waals surface area contributed by atoms with Gasteiger partial charge < -0.3 is 10.7 Å². The SMILES string of the molecule is CNc1ncc(Cl)c(NN2CCCCC2)n1. The normalized spacial score (nSPS) is 17.1. The summed E-state index contributed by atoms with van der Waals surface area (Å²) >= 11 is 6.03. The summed E-state index contributed by atoms with van der Waals surface area (Å²) < 4.78 is 0. The molecular formula is C10H16ClN5. The van der Waals surface area contributed by atoms with Gasteiger partial charge in [0.05, 0.1) is 6.20 Å². The van der Waals surface area contributed by atoms with Gasteiger partial charge in [0.1, 0.15) is 5.02 Å². The first-order valence-electron chi connectivity index (χ1n) is 5.51. The van der Waals surface area contributed by atoms with Crippen LogP contribution in [0.5, 0.6) is 0 Å². The lowest BCUT2D eigenvalue weighted by Gasteiger charge is -2.27. The Hall–Kier alpha value is -1.07. The summed E-state index contributed by atoms with van der Waals surface area (Å²) in [5.74, 6) is 1.24. The largest absolute Gasteiger partial charge is 0.357 e. The Morgan fingerprint density at radius 2 is 2.06 bits per heavy atom. The number of piperidine rings is 1. The number of hydrogen-bond acceptors (Lipinski definition) is 5. The molecule has 5 nitrogen and oxygen atoms in total. The van der Waals surface area contributed by atoms with Crippen molar-refractivity contribution < 1.29 is 0 Å². The number of hydrazine groups is 1. The first-order chi connectivity index (χ1) is 7.79. The molecule has 1 aliphatic heterocycles. The van der Waals surface area contributed by atoms with E-state index in [1.54, 1.807) is 13.2 Å². The van der Waals surface area contributed by atoms with Gasteiger partial charge in [-0.25, -0.2) is 9.99 Å². The lowest BCUT2D eigenvalue weighted by molar-refractivity contribution is 0.272. The van der Waals surface area contributed by atoms with Crippen LogP contribution in [-0.4, -0.2) is 35.1 Å². The van der Waals surface area contributed by atoms with Crippen LogP contribution in [-0.2, 0) is 0 Å². The fourth-order valence-corrected chi connectivity index (χ4v) is 1.85. The van der Waals surface area contributed by atoms with Gasteiger partial charge >= 0.3 is 0 Å². The maximum Gasteiger partial charge on any atom is 0.224 e. The molecule has 0 aromatic carbocycles. The standard InChI is InChI=1S/C10H16ClN5/c1-12-10-13-7-8(11)9(14-10)15-16-5-3-2-4-6-16/h7H,2-6H2,1H3,(H2,12,13,14,15). The Morgan fingerprint density at radius 1 is 1.31 bits per heavy atom. The summed E-state index contributed by atoms with van der Waals surface area (Å²) in [6.07, 6.45) is 5.34. The topological polar surface area (TPSA) is 53.1 Å². The Balaban J connectivity index is 2.06. The molecule has 0 unspecified atom stereocenters. The number of anilines is 2. The zero-order chi connectivity index (χ0) is 11.4. The number of rotatable bonds is 3. The van der Waals surface area contributed by atoms with Gasteiger partial charge in [-0.3, -0.25) is 0 Å². The summed E-state index contributed by atoms with van der Waals surface area (Å²) in [6, 6.07) is 0. The van der Waals surface area contributed by atoms with E-state index in [4.69, 9.17) is 11.6 Å². The molecule has 6 heteroatoms. The van der Waals surface area contributed by atoms with Crippen molar-refractivity contribution in [3.05, 3.63) is 11.2 Å². The minimum atomic E-state index is 0.546. The monoisotopic (exact) mass is 241 g/mol. The quantitative estimate of drug-likeness (QED) is 0.848. The van der Waals surface area contributed by atoms with Gasteiger partial charge in [-0.1, -0.05) is 18.0 Å². The van der Waals surface area contributed by atoms with E-state index >= 15 is 0 Å². The third kappa shape index (κ3) is 2.74. The second kappa shape index (κ2) is 5.32. The number of halogens is 1. The highest BCUT2D eigenvalue weighted by atomic mass is 35.5. The average molecular weight is 242 g/mol. The van der Waals surface area contributed by atoms with E-state index in [0.29, 0.717) is 16.8 Å². The maximum atomic E-state index is 6.03. The van der Waals surface area contributed by atoms with Crippen molar-refractivity contribution in [2.75, 3.05) is 30.9 Å². The highest BCUT2D eigenvalue weighted by Crippen LogP contribution is 2.21. The van der Waals surface area contributed by atoms with Crippen LogP contribution in [0.15, 0.2) is 6.20 Å². The highest BCUT2D eigenvalue weighted by Gasteiger charge is 2.12. The first-order valence-corrected chi connectivity index (χ1v) is 5.89. The summed E-state index contributed by atoms with van der Waals surface area (Å²) in [6.45, 7) is 2.07. The molecule has 0 amide bonds. The third-order valence-electron chi connectivity index (χ3n) is 2.59. The van der Waals surface area contributed by atoms with Crippen LogP contribution in [0.3, 0.4) is 0 Å². The lowest BCUT2D eigenvalue weighted by Crippen LogP contribution is -2.35. The van der Waals surface area contributed by atoms with Crippen molar-refractivity contribution in [2.45, 2.75) is 19.3 Å². The van der Waals surface area contributed by atoms with Crippen LogP contribution >= 0.6 is 11.6 Å². The molecule has 0 atom stereocenters. The minimum Gasteiger partial charge on any atom is -0.357 e. The van der Waals surface area contributed by atoms with E-state index in [2.05, 4.69) is 25.7 Å². The molecule has 0 bridgehead atoms. The Kier molecular flexibility index (Phi) is 3.79. The zero-order valence-electron chi connectivity index (χ0n) is 9.33. The molecule has 2 heterocycles. The Labute approximate surface area is 100 Å². The molecule has 0 radical (unpaired) electrons. The second-order valence-corrected chi connectivity index (χ2v) is 4.21. The zero-order valence-corrected chi connectivity index (χ0v) is 10.1. The molecule has 16 heavy (non-hydrogen) atoms. The molecule has 0 saturated carbocycles. The summed E-state index contributed by atoms with van der Waals surface area (Å²) in [7, 11) is 1.79. The lowest BCUT2D eigenvalue weighted by atomic mass is 10.2. The molecule has 1 aromatic rings. The van der Waals surface area contributed by atoms with Crippen LogP contribution in [0.2, 0.25) is 5.02 Å². The van der Waals surface area contributed by atoms with Crippen molar-refractivity contribution in [2.24, 2.45) is 0 Å². The van der Waals surface area contributed by atoms with E-state index in [1.807, 2.05) is 0 Å². The van der Waals surface area contributed by atoms with Crippen molar-refractivity contribution in [1.29, 1.82) is 0 Å². The third-order valence-corrected chi connectivity index (χ3v) is 2.86. The van der Waals surface area contributed by atoms with Gasteiger partial charge in [-0.2, -0.15) is 4.98 Å². The fraction of sp³-hybridized carbons (Fsp3) is 0.600. The summed E-state index contributed by atoms with van der Waals surface area (Å²) in [5, 5.41) is 5.59. The second-order valence-electron chi connectivity index (χ2n) is 3.80. The minimum absolute atomic E-state index is 0.546. The van der Waals surface area contributed by atoms with Gasteiger partial charge in [-0.05, 0) is 12.8 Å². The predicted octanol–water partition coefficient (Wildman–Crippen LogP) is 1.98. The van der Waals surface area contributed by atoms with E-state index < -0.39 is 0 Å². The highest BCUT2D eigenvalue weighted by molar-refractivity contribution is 6.32. The predicted molar refractivity (Wildman–Crippen MR) is 65.6 cm³/mol. The van der Waals surface area contributed by atoms with E-state index in [1.165, 1.54) is 19.3 Å². The molecule has 2 N–H and O–H groups in total. The van der Waals surface area contributed by atoms with Gasteiger partial charge in [0.15, 0.2) is 5.82 Å². The summed E-state index contributed by atoms with van der Waals surface area (Å²) in [5.41, 5.74) is 3.23. The number of aromatic nitrogens is 2. The van der Waals surface area contributed by atoms with Crippen molar-refractivity contribution >= 4 is 23.4 Å². The van der Waals surface area contributed by atoms with Crippen LogP contribution in [0.4, 0.5) is 11.8 Å². The van der Waals surface area contributed by atoms with E-state index in [-0.39, 0.29) is 0 Å². The van der Waals surface area contributed by atoms with Gasteiger partial charge in [-0.15, -0.1) is 0 Å². The maximum absolute atomic E-state index is 6.03. The number of nitrogens with zero attached hydrogens (tertiary/aromatic N) is 3. The van der Waals surface area contributed by atoms with Crippen LogP contribution in [0.25, 0.3) is 0 Å². The van der Waals surface area contributed by atoms with Gasteiger partial charge in [0.25, 0.3) is 0 Å². The van der Waals surface area contributed by atoms with Crippen molar-refractivity contribution in [3.8, 4) is 0 Å². The molecule has 1 saturated heterocycles. The van der Waals surface area contributed by atoms with Crippen LogP contribution < -0.4 is 10.7 Å². The number of hydrogen-bond donors (Lipinski definition) is 2. The van der Waals surface area contributed by atoms with Crippen molar-refractivity contribution in [3.63, 3.8) is 0 Å². The summed E-state index contributed by atoms with van der Waals surface area (Å²) in [4.78, 5) is 8.32. The molecule has 88 valence electrons. The van der Waals surface area contributed by atoms with Crippen LogP contribution in [0, 0.1) is 0 Å². The fourth-order valence-electron chi connectivity index (χ4n) is 1.72. The van der Waals surface area contributed by atoms with Crippen molar-refractivity contribution in [1.82, 2.24) is 15.0 Å².